The maximum Gasteiger partial charge on any atom is 0.242 e. The lowest BCUT2D eigenvalue weighted by atomic mass is 10.2. The Morgan fingerprint density at radius 2 is 2.56 bits per heavy atom. The smallest absolute Gasteiger partial charge is 0.242 e. The SMILES string of the molecule is CNC1COCCN(Cc2ncon2)C1=O. The first-order valence-corrected chi connectivity index (χ1v) is 5.10. The molecular formula is C9H14N4O3. The number of aromatic nitrogens is 2. The zero-order valence-electron chi connectivity index (χ0n) is 9.05. The van der Waals surface area contributed by atoms with Crippen molar-refractivity contribution in [3.05, 3.63) is 12.2 Å². The van der Waals surface area contributed by atoms with Gasteiger partial charge in [0.15, 0.2) is 5.82 Å². The molecule has 1 aromatic heterocycles. The number of ether oxygens (including phenoxy) is 1. The highest BCUT2D eigenvalue weighted by Gasteiger charge is 2.26. The molecule has 2 heterocycles. The molecule has 0 spiro atoms. The number of hydrogen-bond acceptors (Lipinski definition) is 6. The molecule has 2 rings (SSSR count). The van der Waals surface area contributed by atoms with E-state index < -0.39 is 0 Å². The van der Waals surface area contributed by atoms with E-state index in [0.29, 0.717) is 32.1 Å². The van der Waals surface area contributed by atoms with Gasteiger partial charge >= 0.3 is 0 Å². The molecule has 0 radical (unpaired) electrons. The van der Waals surface area contributed by atoms with Crippen LogP contribution in [0.4, 0.5) is 0 Å². The summed E-state index contributed by atoms with van der Waals surface area (Å²) in [6.07, 6.45) is 1.25. The molecule has 16 heavy (non-hydrogen) atoms. The van der Waals surface area contributed by atoms with E-state index in [-0.39, 0.29) is 11.9 Å². The minimum absolute atomic E-state index is 0.00444. The summed E-state index contributed by atoms with van der Waals surface area (Å²) < 4.78 is 9.96. The Balaban J connectivity index is 2.04. The molecule has 0 saturated carbocycles. The summed E-state index contributed by atoms with van der Waals surface area (Å²) in [5, 5.41) is 6.61. The second-order valence-electron chi connectivity index (χ2n) is 3.52. The minimum Gasteiger partial charge on any atom is -0.377 e. The van der Waals surface area contributed by atoms with Gasteiger partial charge in [0.2, 0.25) is 12.3 Å². The lowest BCUT2D eigenvalue weighted by molar-refractivity contribution is -0.133. The summed E-state index contributed by atoms with van der Waals surface area (Å²) in [6, 6.07) is -0.297. The first-order chi connectivity index (χ1) is 7.81. The molecule has 1 aliphatic rings. The molecular weight excluding hydrogens is 212 g/mol. The van der Waals surface area contributed by atoms with Crippen molar-refractivity contribution in [1.29, 1.82) is 0 Å². The summed E-state index contributed by atoms with van der Waals surface area (Å²) in [5.41, 5.74) is 0. The molecule has 1 N–H and O–H groups in total. The molecule has 0 bridgehead atoms. The molecule has 1 saturated heterocycles. The fourth-order valence-electron chi connectivity index (χ4n) is 1.57. The second kappa shape index (κ2) is 5.04. The van der Waals surface area contributed by atoms with Crippen LogP contribution in [-0.2, 0) is 16.1 Å². The van der Waals surface area contributed by atoms with Crippen molar-refractivity contribution in [3.63, 3.8) is 0 Å². The Morgan fingerprint density at radius 1 is 1.69 bits per heavy atom. The first-order valence-electron chi connectivity index (χ1n) is 5.10. The fraction of sp³-hybridized carbons (Fsp3) is 0.667. The molecule has 0 aromatic carbocycles. The van der Waals surface area contributed by atoms with Crippen LogP contribution in [0.5, 0.6) is 0 Å². The Bertz CT molecular complexity index is 341. The van der Waals surface area contributed by atoms with Crippen molar-refractivity contribution in [3.8, 4) is 0 Å². The molecule has 7 heteroatoms. The van der Waals surface area contributed by atoms with Crippen LogP contribution >= 0.6 is 0 Å². The van der Waals surface area contributed by atoms with Crippen molar-refractivity contribution in [1.82, 2.24) is 20.4 Å². The Morgan fingerprint density at radius 3 is 3.25 bits per heavy atom. The van der Waals surface area contributed by atoms with Crippen LogP contribution in [0, 0.1) is 0 Å². The quantitative estimate of drug-likeness (QED) is 0.713. The van der Waals surface area contributed by atoms with Crippen molar-refractivity contribution in [2.24, 2.45) is 0 Å². The van der Waals surface area contributed by atoms with E-state index in [2.05, 4.69) is 20.0 Å². The van der Waals surface area contributed by atoms with E-state index in [1.807, 2.05) is 0 Å². The molecule has 7 nitrogen and oxygen atoms in total. The number of amides is 1. The molecule has 1 aliphatic heterocycles. The maximum absolute atomic E-state index is 12.0. The van der Waals surface area contributed by atoms with Gasteiger partial charge in [0, 0.05) is 6.54 Å². The molecule has 88 valence electrons. The maximum atomic E-state index is 12.0. The van der Waals surface area contributed by atoms with Gasteiger partial charge in [0.1, 0.15) is 6.04 Å². The van der Waals surface area contributed by atoms with E-state index in [1.165, 1.54) is 6.39 Å². The molecule has 1 atom stereocenters. The lowest BCUT2D eigenvalue weighted by Crippen LogP contribution is -2.45. The van der Waals surface area contributed by atoms with Gasteiger partial charge < -0.3 is 19.5 Å². The summed E-state index contributed by atoms with van der Waals surface area (Å²) in [7, 11) is 1.74. The standard InChI is InChI=1S/C9H14N4O3/c1-10-7-5-15-3-2-13(9(7)14)4-8-11-6-16-12-8/h6-7,10H,2-5H2,1H3. The van der Waals surface area contributed by atoms with Gasteiger partial charge in [-0.15, -0.1) is 0 Å². The third-order valence-electron chi connectivity index (χ3n) is 2.49. The average molecular weight is 226 g/mol. The van der Waals surface area contributed by atoms with Crippen molar-refractivity contribution < 1.29 is 14.1 Å². The number of nitrogens with zero attached hydrogens (tertiary/aromatic N) is 3. The van der Waals surface area contributed by atoms with Gasteiger partial charge in [-0.05, 0) is 7.05 Å². The average Bonchev–Trinajstić information content (AvgIpc) is 2.73. The predicted molar refractivity (Wildman–Crippen MR) is 53.4 cm³/mol. The molecule has 0 aliphatic carbocycles. The van der Waals surface area contributed by atoms with E-state index in [0.717, 1.165) is 0 Å². The van der Waals surface area contributed by atoms with Crippen LogP contribution in [0.1, 0.15) is 5.82 Å². The summed E-state index contributed by atoms with van der Waals surface area (Å²) in [5.74, 6) is 0.509. The lowest BCUT2D eigenvalue weighted by Gasteiger charge is -2.21. The number of likely N-dealkylation sites (N-methyl/N-ethyl adjacent to an activating group) is 1. The van der Waals surface area contributed by atoms with Crippen molar-refractivity contribution in [2.75, 3.05) is 26.8 Å². The Labute approximate surface area is 92.7 Å². The Kier molecular flexibility index (Phi) is 3.47. The van der Waals surface area contributed by atoms with Crippen LogP contribution < -0.4 is 5.32 Å². The highest BCUT2D eigenvalue weighted by molar-refractivity contribution is 5.82. The number of nitrogens with one attached hydrogen (secondary N) is 1. The topological polar surface area (TPSA) is 80.5 Å². The van der Waals surface area contributed by atoms with Crippen LogP contribution in [0.25, 0.3) is 0 Å². The van der Waals surface area contributed by atoms with Crippen LogP contribution in [0.15, 0.2) is 10.9 Å². The van der Waals surface area contributed by atoms with E-state index in [4.69, 9.17) is 4.74 Å². The monoisotopic (exact) mass is 226 g/mol. The largest absolute Gasteiger partial charge is 0.377 e. The van der Waals surface area contributed by atoms with Crippen molar-refractivity contribution >= 4 is 5.91 Å². The normalized spacial score (nSPS) is 22.2. The van der Waals surface area contributed by atoms with Gasteiger partial charge in [0.25, 0.3) is 0 Å². The van der Waals surface area contributed by atoms with E-state index >= 15 is 0 Å². The van der Waals surface area contributed by atoms with Gasteiger partial charge in [0.05, 0.1) is 19.8 Å². The zero-order chi connectivity index (χ0) is 11.4. The van der Waals surface area contributed by atoms with Gasteiger partial charge in [-0.2, -0.15) is 4.98 Å². The number of carbonyl (C=O) groups excluding carboxylic acids is 1. The summed E-state index contributed by atoms with van der Waals surface area (Å²) in [4.78, 5) is 17.6. The highest BCUT2D eigenvalue weighted by Crippen LogP contribution is 2.05. The third kappa shape index (κ3) is 2.37. The zero-order valence-corrected chi connectivity index (χ0v) is 9.05. The minimum atomic E-state index is -0.297. The summed E-state index contributed by atoms with van der Waals surface area (Å²) in [6.45, 7) is 1.84. The molecule has 1 amide bonds. The van der Waals surface area contributed by atoms with Gasteiger partial charge in [-0.25, -0.2) is 0 Å². The number of hydrogen-bond donors (Lipinski definition) is 1. The van der Waals surface area contributed by atoms with Gasteiger partial charge in [-0.3, -0.25) is 4.79 Å². The van der Waals surface area contributed by atoms with Crippen LogP contribution in [-0.4, -0.2) is 53.8 Å². The molecule has 1 aromatic rings. The predicted octanol–water partition coefficient (Wildman–Crippen LogP) is -0.984. The van der Waals surface area contributed by atoms with Gasteiger partial charge in [-0.1, -0.05) is 5.16 Å². The molecule has 1 unspecified atom stereocenters. The van der Waals surface area contributed by atoms with Crippen LogP contribution in [0.3, 0.4) is 0 Å². The van der Waals surface area contributed by atoms with Crippen molar-refractivity contribution in [2.45, 2.75) is 12.6 Å². The fourth-order valence-corrected chi connectivity index (χ4v) is 1.57. The van der Waals surface area contributed by atoms with E-state index in [9.17, 15) is 4.79 Å². The molecule has 1 fully saturated rings. The summed E-state index contributed by atoms with van der Waals surface area (Å²) >= 11 is 0. The second-order valence-corrected chi connectivity index (χ2v) is 3.52. The first kappa shape index (κ1) is 11.0. The Hall–Kier alpha value is -1.47. The number of rotatable bonds is 3. The number of carbonyl (C=O) groups is 1. The highest BCUT2D eigenvalue weighted by atomic mass is 16.5. The third-order valence-corrected chi connectivity index (χ3v) is 2.49. The van der Waals surface area contributed by atoms with E-state index in [1.54, 1.807) is 11.9 Å². The van der Waals surface area contributed by atoms with Crippen LogP contribution in [0.2, 0.25) is 0 Å².